The van der Waals surface area contributed by atoms with Crippen molar-refractivity contribution in [1.82, 2.24) is 5.48 Å². The lowest BCUT2D eigenvalue weighted by Gasteiger charge is -2.21. The Bertz CT molecular complexity index is 332. The molecular weight excluding hydrogens is 234 g/mol. The van der Waals surface area contributed by atoms with Gasteiger partial charge in [-0.2, -0.15) is 5.48 Å². The largest absolute Gasteiger partial charge is 0.298 e. The average molecular weight is 261 g/mol. The standard InChI is InChI=1S/C17H27NO/c1-2-3-5-14-17(15-10-6-4-7-11-15)18-19-16-12-8-9-13-16/h4,6-7,10-11,16-18H,2-3,5,8-9,12-14H2,1H3. The molecule has 0 radical (unpaired) electrons. The molecule has 1 aromatic rings. The van der Waals surface area contributed by atoms with Gasteiger partial charge in [0.05, 0.1) is 12.1 Å². The van der Waals surface area contributed by atoms with Crippen LogP contribution in [-0.4, -0.2) is 6.10 Å². The lowest BCUT2D eigenvalue weighted by molar-refractivity contribution is -0.0426. The molecule has 0 saturated heterocycles. The minimum absolute atomic E-state index is 0.341. The normalized spacial score (nSPS) is 17.7. The van der Waals surface area contributed by atoms with E-state index in [9.17, 15) is 0 Å². The van der Waals surface area contributed by atoms with Crippen LogP contribution in [0.3, 0.4) is 0 Å². The number of nitrogens with one attached hydrogen (secondary N) is 1. The fourth-order valence-corrected chi connectivity index (χ4v) is 2.76. The molecule has 0 aromatic heterocycles. The Hall–Kier alpha value is -0.860. The number of rotatable bonds is 8. The molecular formula is C17H27NO. The van der Waals surface area contributed by atoms with Crippen LogP contribution in [0, 0.1) is 0 Å². The molecule has 0 aliphatic heterocycles. The zero-order valence-electron chi connectivity index (χ0n) is 12.1. The molecule has 0 bridgehead atoms. The van der Waals surface area contributed by atoms with E-state index in [1.165, 1.54) is 50.5 Å². The van der Waals surface area contributed by atoms with Gasteiger partial charge in [-0.3, -0.25) is 4.84 Å². The van der Waals surface area contributed by atoms with Crippen molar-refractivity contribution in [2.75, 3.05) is 0 Å². The molecule has 1 aliphatic rings. The number of hydroxylamine groups is 1. The minimum Gasteiger partial charge on any atom is -0.298 e. The first-order chi connectivity index (χ1) is 9.40. The maximum absolute atomic E-state index is 5.90. The molecule has 1 N–H and O–H groups in total. The van der Waals surface area contributed by atoms with E-state index in [1.54, 1.807) is 0 Å². The zero-order valence-corrected chi connectivity index (χ0v) is 12.1. The van der Waals surface area contributed by atoms with Crippen molar-refractivity contribution in [3.05, 3.63) is 35.9 Å². The molecule has 19 heavy (non-hydrogen) atoms. The van der Waals surface area contributed by atoms with Crippen LogP contribution in [0.5, 0.6) is 0 Å². The monoisotopic (exact) mass is 261 g/mol. The lowest BCUT2D eigenvalue weighted by atomic mass is 10.0. The first-order valence-corrected chi connectivity index (χ1v) is 7.86. The van der Waals surface area contributed by atoms with Gasteiger partial charge in [0.15, 0.2) is 0 Å². The Morgan fingerprint density at radius 3 is 2.58 bits per heavy atom. The average Bonchev–Trinajstić information content (AvgIpc) is 2.97. The Labute approximate surface area is 117 Å². The van der Waals surface area contributed by atoms with Crippen LogP contribution in [0.4, 0.5) is 0 Å². The van der Waals surface area contributed by atoms with Crippen LogP contribution in [0.1, 0.15) is 69.9 Å². The third-order valence-corrected chi connectivity index (χ3v) is 3.98. The Balaban J connectivity index is 1.85. The summed E-state index contributed by atoms with van der Waals surface area (Å²) in [5.74, 6) is 0. The Morgan fingerprint density at radius 1 is 1.16 bits per heavy atom. The molecule has 1 atom stereocenters. The summed E-state index contributed by atoms with van der Waals surface area (Å²) >= 11 is 0. The van der Waals surface area contributed by atoms with Gasteiger partial charge in [-0.25, -0.2) is 0 Å². The fourth-order valence-electron chi connectivity index (χ4n) is 2.76. The van der Waals surface area contributed by atoms with Crippen LogP contribution < -0.4 is 5.48 Å². The van der Waals surface area contributed by atoms with Crippen LogP contribution in [-0.2, 0) is 4.84 Å². The highest BCUT2D eigenvalue weighted by Gasteiger charge is 2.18. The molecule has 2 nitrogen and oxygen atoms in total. The first-order valence-electron chi connectivity index (χ1n) is 7.86. The van der Waals surface area contributed by atoms with E-state index in [4.69, 9.17) is 4.84 Å². The molecule has 0 amide bonds. The third-order valence-electron chi connectivity index (χ3n) is 3.98. The molecule has 2 rings (SSSR count). The van der Waals surface area contributed by atoms with Crippen molar-refractivity contribution in [2.24, 2.45) is 0 Å². The highest BCUT2D eigenvalue weighted by molar-refractivity contribution is 5.18. The summed E-state index contributed by atoms with van der Waals surface area (Å²) in [7, 11) is 0. The molecule has 1 fully saturated rings. The Morgan fingerprint density at radius 2 is 1.89 bits per heavy atom. The van der Waals surface area contributed by atoms with Gasteiger partial charge in [0.25, 0.3) is 0 Å². The topological polar surface area (TPSA) is 21.3 Å². The minimum atomic E-state index is 0.341. The van der Waals surface area contributed by atoms with Crippen LogP contribution in [0.25, 0.3) is 0 Å². The Kier molecular flexibility index (Phi) is 6.38. The SMILES string of the molecule is CCCCCC(NOC1CCCC1)c1ccccc1. The van der Waals surface area contributed by atoms with Crippen LogP contribution in [0.2, 0.25) is 0 Å². The predicted octanol–water partition coefficient (Wildman–Crippen LogP) is 4.77. The number of hydrogen-bond donors (Lipinski definition) is 1. The number of unbranched alkanes of at least 4 members (excludes halogenated alkanes) is 2. The fraction of sp³-hybridized carbons (Fsp3) is 0.647. The van der Waals surface area contributed by atoms with Gasteiger partial charge < -0.3 is 0 Å². The van der Waals surface area contributed by atoms with Gasteiger partial charge in [0.1, 0.15) is 0 Å². The van der Waals surface area contributed by atoms with Crippen molar-refractivity contribution in [3.8, 4) is 0 Å². The highest BCUT2D eigenvalue weighted by Crippen LogP contribution is 2.24. The molecule has 1 aliphatic carbocycles. The van der Waals surface area contributed by atoms with Crippen LogP contribution >= 0.6 is 0 Å². The predicted molar refractivity (Wildman–Crippen MR) is 79.8 cm³/mol. The van der Waals surface area contributed by atoms with E-state index in [1.807, 2.05) is 0 Å². The van der Waals surface area contributed by atoms with Crippen molar-refractivity contribution in [2.45, 2.75) is 70.4 Å². The smallest absolute Gasteiger partial charge is 0.0790 e. The maximum Gasteiger partial charge on any atom is 0.0790 e. The lowest BCUT2D eigenvalue weighted by Crippen LogP contribution is -2.26. The molecule has 1 aromatic carbocycles. The van der Waals surface area contributed by atoms with Gasteiger partial charge in [-0.1, -0.05) is 69.4 Å². The van der Waals surface area contributed by atoms with E-state index in [0.29, 0.717) is 12.1 Å². The first kappa shape index (κ1) is 14.5. The number of benzene rings is 1. The van der Waals surface area contributed by atoms with E-state index in [-0.39, 0.29) is 0 Å². The quantitative estimate of drug-likeness (QED) is 0.537. The summed E-state index contributed by atoms with van der Waals surface area (Å²) in [4.78, 5) is 5.90. The van der Waals surface area contributed by atoms with Crippen molar-refractivity contribution >= 4 is 0 Å². The molecule has 0 heterocycles. The second-order valence-electron chi connectivity index (χ2n) is 5.60. The van der Waals surface area contributed by atoms with E-state index in [0.717, 1.165) is 6.42 Å². The number of hydrogen-bond acceptors (Lipinski definition) is 2. The summed E-state index contributed by atoms with van der Waals surface area (Å²) in [6, 6.07) is 11.0. The van der Waals surface area contributed by atoms with E-state index in [2.05, 4.69) is 42.7 Å². The summed E-state index contributed by atoms with van der Waals surface area (Å²) in [5, 5.41) is 0. The van der Waals surface area contributed by atoms with Gasteiger partial charge in [0.2, 0.25) is 0 Å². The highest BCUT2D eigenvalue weighted by atomic mass is 16.7. The van der Waals surface area contributed by atoms with Crippen molar-refractivity contribution < 1.29 is 4.84 Å². The van der Waals surface area contributed by atoms with Gasteiger partial charge in [-0.05, 0) is 24.8 Å². The van der Waals surface area contributed by atoms with Crippen molar-refractivity contribution in [1.29, 1.82) is 0 Å². The molecule has 1 unspecified atom stereocenters. The molecule has 0 spiro atoms. The molecule has 2 heteroatoms. The van der Waals surface area contributed by atoms with Gasteiger partial charge in [-0.15, -0.1) is 0 Å². The summed E-state index contributed by atoms with van der Waals surface area (Å²) in [6.07, 6.45) is 10.5. The molecule has 106 valence electrons. The third kappa shape index (κ3) is 4.96. The maximum atomic E-state index is 5.90. The second-order valence-corrected chi connectivity index (χ2v) is 5.60. The molecule has 1 saturated carbocycles. The zero-order chi connectivity index (χ0) is 13.3. The van der Waals surface area contributed by atoms with E-state index >= 15 is 0 Å². The van der Waals surface area contributed by atoms with Gasteiger partial charge >= 0.3 is 0 Å². The van der Waals surface area contributed by atoms with Crippen molar-refractivity contribution in [3.63, 3.8) is 0 Å². The van der Waals surface area contributed by atoms with Gasteiger partial charge in [0, 0.05) is 0 Å². The van der Waals surface area contributed by atoms with Crippen LogP contribution in [0.15, 0.2) is 30.3 Å². The second kappa shape index (κ2) is 8.34. The summed E-state index contributed by atoms with van der Waals surface area (Å²) < 4.78 is 0. The van der Waals surface area contributed by atoms with E-state index < -0.39 is 0 Å². The summed E-state index contributed by atoms with van der Waals surface area (Å²) in [5.41, 5.74) is 4.68. The summed E-state index contributed by atoms with van der Waals surface area (Å²) in [6.45, 7) is 2.25.